The van der Waals surface area contributed by atoms with Crippen LogP contribution in [-0.4, -0.2) is 37.5 Å². The molecule has 0 saturated carbocycles. The molecule has 8 heteroatoms. The van der Waals surface area contributed by atoms with Crippen LogP contribution in [0.1, 0.15) is 68.2 Å². The van der Waals surface area contributed by atoms with Crippen LogP contribution in [0.4, 0.5) is 0 Å². The number of carbonyl (C=O) groups excluding carboxylic acids is 4. The highest BCUT2D eigenvalue weighted by Crippen LogP contribution is 2.25. The summed E-state index contributed by atoms with van der Waals surface area (Å²) in [6.07, 6.45) is 3.89. The average Bonchev–Trinajstić information content (AvgIpc) is 2.67. The van der Waals surface area contributed by atoms with Crippen molar-refractivity contribution in [3.63, 3.8) is 0 Å². The normalized spacial score (nSPS) is 12.4. The first kappa shape index (κ1) is 26.6. The Kier molecular flexibility index (Phi) is 10.1. The fourth-order valence-corrected chi connectivity index (χ4v) is 1.81. The van der Waals surface area contributed by atoms with Gasteiger partial charge in [-0.1, -0.05) is 26.0 Å². The van der Waals surface area contributed by atoms with Crippen LogP contribution in [0, 0.1) is 16.2 Å². The van der Waals surface area contributed by atoms with Crippen LogP contribution in [0.5, 0.6) is 0 Å². The first-order chi connectivity index (χ1) is 13.3. The van der Waals surface area contributed by atoms with Crippen molar-refractivity contribution in [2.75, 3.05) is 13.6 Å². The number of hydrogen-bond acceptors (Lipinski definition) is 8. The highest BCUT2D eigenvalue weighted by molar-refractivity contribution is 6.01. The Labute approximate surface area is 172 Å². The molecule has 0 aliphatic rings. The Hall–Kier alpha value is -2.38. The molecule has 29 heavy (non-hydrogen) atoms. The van der Waals surface area contributed by atoms with Gasteiger partial charge in [-0.15, -0.1) is 0 Å². The Morgan fingerprint density at radius 3 is 1.24 bits per heavy atom. The summed E-state index contributed by atoms with van der Waals surface area (Å²) in [5, 5.41) is 0. The van der Waals surface area contributed by atoms with Crippen LogP contribution < -0.4 is 0 Å². The van der Waals surface area contributed by atoms with E-state index in [-0.39, 0.29) is 0 Å². The van der Waals surface area contributed by atoms with E-state index in [2.05, 4.69) is 0 Å². The molecular weight excluding hydrogens is 380 g/mol. The molecule has 0 spiro atoms. The van der Waals surface area contributed by atoms with Gasteiger partial charge in [0, 0.05) is 0 Å². The third kappa shape index (κ3) is 7.51. The second-order valence-corrected chi connectivity index (χ2v) is 8.14. The summed E-state index contributed by atoms with van der Waals surface area (Å²) in [4.78, 5) is 48.7. The molecule has 0 radical (unpaired) electrons. The first-order valence-corrected chi connectivity index (χ1v) is 9.61. The van der Waals surface area contributed by atoms with Crippen molar-refractivity contribution >= 4 is 23.9 Å². The fourth-order valence-electron chi connectivity index (χ4n) is 1.81. The maximum absolute atomic E-state index is 12.4. The van der Waals surface area contributed by atoms with E-state index in [4.69, 9.17) is 18.9 Å². The lowest BCUT2D eigenvalue weighted by Gasteiger charge is -2.24. The molecule has 8 nitrogen and oxygen atoms in total. The van der Waals surface area contributed by atoms with E-state index in [1.807, 2.05) is 13.8 Å². The van der Waals surface area contributed by atoms with Gasteiger partial charge in [-0.3, -0.25) is 19.2 Å². The molecule has 0 amide bonds. The highest BCUT2D eigenvalue weighted by Gasteiger charge is 2.43. The molecule has 166 valence electrons. The molecule has 0 N–H and O–H groups in total. The van der Waals surface area contributed by atoms with Gasteiger partial charge in [-0.25, -0.2) is 0 Å². The van der Waals surface area contributed by atoms with Crippen molar-refractivity contribution in [3.8, 4) is 0 Å². The number of rotatable bonds is 11. The minimum Gasteiger partial charge on any atom is -0.427 e. The largest absolute Gasteiger partial charge is 0.427 e. The standard InChI is InChI=1S/C21H34O8/c1-9-12-21(8,17(24)28-13-26-15(22)19(4,5)10-2)18(25)29-14-27-16(23)20(6,7)11-3/h9,12H,10-11,13-14H2,1-8H3. The van der Waals surface area contributed by atoms with Crippen LogP contribution in [0.15, 0.2) is 12.2 Å². The summed E-state index contributed by atoms with van der Waals surface area (Å²) in [7, 11) is 0. The van der Waals surface area contributed by atoms with Gasteiger partial charge in [0.1, 0.15) is 0 Å². The summed E-state index contributed by atoms with van der Waals surface area (Å²) in [5.74, 6) is -2.95. The van der Waals surface area contributed by atoms with E-state index in [1.165, 1.54) is 19.1 Å². The lowest BCUT2D eigenvalue weighted by Crippen LogP contribution is -2.39. The summed E-state index contributed by atoms with van der Waals surface area (Å²) in [6.45, 7) is 12.2. The van der Waals surface area contributed by atoms with E-state index in [0.29, 0.717) is 12.8 Å². The number of carbonyl (C=O) groups is 4. The summed E-state index contributed by atoms with van der Waals surface area (Å²) >= 11 is 0. The third-order valence-electron chi connectivity index (χ3n) is 4.98. The van der Waals surface area contributed by atoms with Crippen LogP contribution in [0.3, 0.4) is 0 Å². The lowest BCUT2D eigenvalue weighted by atomic mass is 9.90. The predicted octanol–water partition coefficient (Wildman–Crippen LogP) is 3.53. The molecule has 0 saturated heterocycles. The third-order valence-corrected chi connectivity index (χ3v) is 4.98. The van der Waals surface area contributed by atoms with E-state index in [1.54, 1.807) is 34.6 Å². The monoisotopic (exact) mass is 414 g/mol. The second kappa shape index (κ2) is 11.0. The number of ether oxygens (including phenoxy) is 4. The zero-order chi connectivity index (χ0) is 22.9. The van der Waals surface area contributed by atoms with Crippen molar-refractivity contribution in [1.82, 2.24) is 0 Å². The predicted molar refractivity (Wildman–Crippen MR) is 105 cm³/mol. The molecule has 0 aromatic rings. The van der Waals surface area contributed by atoms with Crippen molar-refractivity contribution in [2.45, 2.75) is 68.2 Å². The van der Waals surface area contributed by atoms with E-state index >= 15 is 0 Å². The quantitative estimate of drug-likeness (QED) is 0.219. The zero-order valence-electron chi connectivity index (χ0n) is 18.7. The molecule has 0 atom stereocenters. The van der Waals surface area contributed by atoms with Crippen molar-refractivity contribution in [2.24, 2.45) is 16.2 Å². The van der Waals surface area contributed by atoms with Crippen molar-refractivity contribution < 1.29 is 38.1 Å². The van der Waals surface area contributed by atoms with E-state index < -0.39 is 53.7 Å². The Bertz CT molecular complexity index is 585. The molecular formula is C21H34O8. The van der Waals surface area contributed by atoms with Gasteiger partial charge < -0.3 is 18.9 Å². The molecule has 0 aliphatic heterocycles. The Balaban J connectivity index is 4.89. The number of esters is 4. The average molecular weight is 414 g/mol. The highest BCUT2D eigenvalue weighted by atomic mass is 16.7. The molecule has 0 rings (SSSR count). The fraction of sp³-hybridized carbons (Fsp3) is 0.714. The van der Waals surface area contributed by atoms with Crippen LogP contribution in [0.2, 0.25) is 0 Å². The van der Waals surface area contributed by atoms with Crippen LogP contribution in [0.25, 0.3) is 0 Å². The number of allylic oxidation sites excluding steroid dienone is 1. The topological polar surface area (TPSA) is 105 Å². The summed E-state index contributed by atoms with van der Waals surface area (Å²) in [5.41, 5.74) is -3.21. The van der Waals surface area contributed by atoms with Crippen LogP contribution >= 0.6 is 0 Å². The first-order valence-electron chi connectivity index (χ1n) is 9.61. The van der Waals surface area contributed by atoms with Gasteiger partial charge in [0.2, 0.25) is 13.6 Å². The summed E-state index contributed by atoms with van der Waals surface area (Å²) in [6, 6.07) is 0. The SMILES string of the molecule is CC=CC(C)(C(=O)OCOC(=O)C(C)(C)CC)C(=O)OCOC(=O)C(C)(C)CC. The Morgan fingerprint density at radius 2 is 0.966 bits per heavy atom. The van der Waals surface area contributed by atoms with Gasteiger partial charge in [0.15, 0.2) is 5.41 Å². The molecule has 0 heterocycles. The van der Waals surface area contributed by atoms with E-state index in [9.17, 15) is 19.2 Å². The smallest absolute Gasteiger partial charge is 0.330 e. The maximum Gasteiger partial charge on any atom is 0.330 e. The van der Waals surface area contributed by atoms with Gasteiger partial charge in [-0.05, 0) is 54.4 Å². The van der Waals surface area contributed by atoms with Gasteiger partial charge in [0.05, 0.1) is 10.8 Å². The van der Waals surface area contributed by atoms with Crippen LogP contribution in [-0.2, 0) is 38.1 Å². The van der Waals surface area contributed by atoms with Gasteiger partial charge in [-0.2, -0.15) is 0 Å². The molecule has 0 aromatic heterocycles. The minimum atomic E-state index is -1.78. The molecule has 0 aromatic carbocycles. The van der Waals surface area contributed by atoms with Gasteiger partial charge >= 0.3 is 23.9 Å². The molecule has 0 bridgehead atoms. The van der Waals surface area contributed by atoms with Gasteiger partial charge in [0.25, 0.3) is 0 Å². The molecule has 0 unspecified atom stereocenters. The molecule has 0 aliphatic carbocycles. The van der Waals surface area contributed by atoms with Crippen molar-refractivity contribution in [1.29, 1.82) is 0 Å². The maximum atomic E-state index is 12.4. The Morgan fingerprint density at radius 1 is 0.655 bits per heavy atom. The second-order valence-electron chi connectivity index (χ2n) is 8.14. The number of hydrogen-bond donors (Lipinski definition) is 0. The molecule has 0 fully saturated rings. The van der Waals surface area contributed by atoms with Crippen molar-refractivity contribution in [3.05, 3.63) is 12.2 Å². The van der Waals surface area contributed by atoms with E-state index in [0.717, 1.165) is 0 Å². The minimum absolute atomic E-state index is 0.520. The lowest BCUT2D eigenvalue weighted by molar-refractivity contribution is -0.187. The summed E-state index contributed by atoms with van der Waals surface area (Å²) < 4.78 is 19.8. The zero-order valence-corrected chi connectivity index (χ0v) is 18.7.